The Hall–Kier alpha value is -2.95. The molecule has 2 aromatic rings. The van der Waals surface area contributed by atoms with Gasteiger partial charge in [0.2, 0.25) is 5.91 Å². The third-order valence-corrected chi connectivity index (χ3v) is 4.32. The zero-order chi connectivity index (χ0) is 17.4. The fourth-order valence-corrected chi connectivity index (χ4v) is 2.92. The number of imide groups is 1. The van der Waals surface area contributed by atoms with Crippen LogP contribution in [-0.4, -0.2) is 28.7 Å². The van der Waals surface area contributed by atoms with Crippen molar-refractivity contribution in [3.63, 3.8) is 0 Å². The molecule has 1 atom stereocenters. The first-order chi connectivity index (χ1) is 11.4. The van der Waals surface area contributed by atoms with Gasteiger partial charge in [-0.25, -0.2) is 0 Å². The first-order valence-corrected chi connectivity index (χ1v) is 7.76. The maximum absolute atomic E-state index is 12.6. The molecule has 0 aliphatic carbocycles. The minimum atomic E-state index is -0.892. The van der Waals surface area contributed by atoms with E-state index in [1.54, 1.807) is 31.2 Å². The molecule has 5 heteroatoms. The summed E-state index contributed by atoms with van der Waals surface area (Å²) in [6, 6.07) is 11.4. The summed E-state index contributed by atoms with van der Waals surface area (Å²) in [5, 5.41) is 2.84. The molecule has 0 spiro atoms. The van der Waals surface area contributed by atoms with Crippen LogP contribution in [0.5, 0.6) is 0 Å². The van der Waals surface area contributed by atoms with Crippen LogP contribution in [0.4, 0.5) is 5.69 Å². The zero-order valence-corrected chi connectivity index (χ0v) is 13.8. The quantitative estimate of drug-likeness (QED) is 0.884. The molecule has 1 N–H and O–H groups in total. The molecule has 2 aromatic carbocycles. The van der Waals surface area contributed by atoms with Crippen LogP contribution in [0, 0.1) is 13.8 Å². The van der Waals surface area contributed by atoms with Gasteiger partial charge >= 0.3 is 0 Å². The Morgan fingerprint density at radius 2 is 1.42 bits per heavy atom. The van der Waals surface area contributed by atoms with Crippen LogP contribution >= 0.6 is 0 Å². The van der Waals surface area contributed by atoms with Gasteiger partial charge in [-0.3, -0.25) is 19.3 Å². The van der Waals surface area contributed by atoms with E-state index in [1.165, 1.54) is 0 Å². The Labute approximate surface area is 140 Å². The number of hydrogen-bond acceptors (Lipinski definition) is 3. The summed E-state index contributed by atoms with van der Waals surface area (Å²) in [6.07, 6.45) is 0. The topological polar surface area (TPSA) is 66.5 Å². The van der Waals surface area contributed by atoms with Crippen LogP contribution in [0.15, 0.2) is 42.5 Å². The molecule has 3 amide bonds. The fraction of sp³-hybridized carbons (Fsp3) is 0.211. The summed E-state index contributed by atoms with van der Waals surface area (Å²) >= 11 is 0. The van der Waals surface area contributed by atoms with Crippen LogP contribution in [-0.2, 0) is 4.79 Å². The maximum Gasteiger partial charge on any atom is 0.262 e. The normalized spacial score (nSPS) is 14.5. The van der Waals surface area contributed by atoms with Gasteiger partial charge in [-0.2, -0.15) is 0 Å². The van der Waals surface area contributed by atoms with E-state index < -0.39 is 17.9 Å². The summed E-state index contributed by atoms with van der Waals surface area (Å²) in [6.45, 7) is 5.36. The third-order valence-electron chi connectivity index (χ3n) is 4.32. The first kappa shape index (κ1) is 15.9. The van der Waals surface area contributed by atoms with Gasteiger partial charge in [0.1, 0.15) is 6.04 Å². The average molecular weight is 322 g/mol. The Morgan fingerprint density at radius 3 is 1.92 bits per heavy atom. The molecular weight excluding hydrogens is 304 g/mol. The fourth-order valence-electron chi connectivity index (χ4n) is 2.92. The highest BCUT2D eigenvalue weighted by Gasteiger charge is 2.40. The first-order valence-electron chi connectivity index (χ1n) is 7.76. The van der Waals surface area contributed by atoms with Gasteiger partial charge in [-0.05, 0) is 44.0 Å². The summed E-state index contributed by atoms with van der Waals surface area (Å²) in [4.78, 5) is 38.5. The number of anilines is 1. The van der Waals surface area contributed by atoms with Gasteiger partial charge in [0, 0.05) is 5.69 Å². The predicted octanol–water partition coefficient (Wildman–Crippen LogP) is 2.93. The molecule has 24 heavy (non-hydrogen) atoms. The van der Waals surface area contributed by atoms with Crippen molar-refractivity contribution in [1.82, 2.24) is 4.90 Å². The van der Waals surface area contributed by atoms with Crippen LogP contribution in [0.2, 0.25) is 0 Å². The standard InChI is InChI=1S/C19H18N2O3/c1-11-7-6-8-12(2)16(11)20-17(22)13(3)21-18(23)14-9-4-5-10-15(14)19(21)24/h4-10,13H,1-3H3,(H,20,22)/t13-/m1/s1. The molecule has 0 fully saturated rings. The Morgan fingerprint density at radius 1 is 0.917 bits per heavy atom. The van der Waals surface area contributed by atoms with Gasteiger partial charge in [-0.15, -0.1) is 0 Å². The van der Waals surface area contributed by atoms with Crippen LogP contribution in [0.1, 0.15) is 38.8 Å². The van der Waals surface area contributed by atoms with Crippen LogP contribution in [0.25, 0.3) is 0 Å². The maximum atomic E-state index is 12.6. The number of aryl methyl sites for hydroxylation is 2. The van der Waals surface area contributed by atoms with E-state index in [-0.39, 0.29) is 5.91 Å². The second-order valence-corrected chi connectivity index (χ2v) is 5.96. The van der Waals surface area contributed by atoms with Crippen molar-refractivity contribution in [2.75, 3.05) is 5.32 Å². The van der Waals surface area contributed by atoms with Gasteiger partial charge in [0.05, 0.1) is 11.1 Å². The zero-order valence-electron chi connectivity index (χ0n) is 13.8. The van der Waals surface area contributed by atoms with Crippen LogP contribution in [0.3, 0.4) is 0 Å². The van der Waals surface area contributed by atoms with Gasteiger partial charge in [0.25, 0.3) is 11.8 Å². The molecule has 0 saturated carbocycles. The lowest BCUT2D eigenvalue weighted by atomic mass is 10.1. The van der Waals surface area contributed by atoms with E-state index in [0.717, 1.165) is 16.0 Å². The number of nitrogens with one attached hydrogen (secondary N) is 1. The smallest absolute Gasteiger partial charge is 0.262 e. The Bertz CT molecular complexity index is 802. The highest BCUT2D eigenvalue weighted by molar-refractivity contribution is 6.23. The molecule has 0 unspecified atom stereocenters. The molecule has 0 radical (unpaired) electrons. The molecule has 5 nitrogen and oxygen atoms in total. The highest BCUT2D eigenvalue weighted by atomic mass is 16.2. The largest absolute Gasteiger partial charge is 0.324 e. The lowest BCUT2D eigenvalue weighted by molar-refractivity contribution is -0.119. The van der Waals surface area contributed by atoms with Crippen molar-refractivity contribution >= 4 is 23.4 Å². The number of amides is 3. The summed E-state index contributed by atoms with van der Waals surface area (Å²) < 4.78 is 0. The lowest BCUT2D eigenvalue weighted by Crippen LogP contribution is -2.45. The second kappa shape index (κ2) is 5.92. The summed E-state index contributed by atoms with van der Waals surface area (Å²) in [5.41, 5.74) is 3.25. The van der Waals surface area contributed by atoms with Crippen molar-refractivity contribution in [3.05, 3.63) is 64.7 Å². The van der Waals surface area contributed by atoms with Crippen LogP contribution < -0.4 is 5.32 Å². The SMILES string of the molecule is Cc1cccc(C)c1NC(=O)[C@@H](C)N1C(=O)c2ccccc2C1=O. The van der Waals surface area contributed by atoms with Gasteiger partial charge in [-0.1, -0.05) is 30.3 Å². The van der Waals surface area contributed by atoms with Crippen molar-refractivity contribution in [1.29, 1.82) is 0 Å². The number of fused-ring (bicyclic) bond motifs is 1. The number of para-hydroxylation sites is 1. The van der Waals surface area contributed by atoms with Crippen molar-refractivity contribution < 1.29 is 14.4 Å². The lowest BCUT2D eigenvalue weighted by Gasteiger charge is -2.22. The minimum absolute atomic E-state index is 0.342. The molecule has 1 aliphatic heterocycles. The molecule has 0 saturated heterocycles. The number of carbonyl (C=O) groups excluding carboxylic acids is 3. The molecule has 0 aromatic heterocycles. The minimum Gasteiger partial charge on any atom is -0.324 e. The monoisotopic (exact) mass is 322 g/mol. The molecular formula is C19H18N2O3. The van der Waals surface area contributed by atoms with E-state index in [4.69, 9.17) is 0 Å². The number of benzene rings is 2. The molecule has 122 valence electrons. The number of rotatable bonds is 3. The number of hydrogen-bond donors (Lipinski definition) is 1. The number of carbonyl (C=O) groups is 3. The molecule has 0 bridgehead atoms. The molecule has 1 heterocycles. The summed E-state index contributed by atoms with van der Waals surface area (Å²) in [5.74, 6) is -1.25. The van der Waals surface area contributed by atoms with E-state index in [9.17, 15) is 14.4 Å². The Balaban J connectivity index is 1.85. The van der Waals surface area contributed by atoms with E-state index in [0.29, 0.717) is 16.8 Å². The second-order valence-electron chi connectivity index (χ2n) is 5.96. The van der Waals surface area contributed by atoms with Crippen molar-refractivity contribution in [3.8, 4) is 0 Å². The van der Waals surface area contributed by atoms with Gasteiger partial charge < -0.3 is 5.32 Å². The highest BCUT2D eigenvalue weighted by Crippen LogP contribution is 2.26. The molecule has 3 rings (SSSR count). The van der Waals surface area contributed by atoms with Crippen molar-refractivity contribution in [2.45, 2.75) is 26.8 Å². The van der Waals surface area contributed by atoms with Crippen molar-refractivity contribution in [2.24, 2.45) is 0 Å². The number of nitrogens with zero attached hydrogens (tertiary/aromatic N) is 1. The Kier molecular flexibility index (Phi) is 3.93. The average Bonchev–Trinajstić information content (AvgIpc) is 2.82. The van der Waals surface area contributed by atoms with Gasteiger partial charge in [0.15, 0.2) is 0 Å². The summed E-state index contributed by atoms with van der Waals surface area (Å²) in [7, 11) is 0. The third kappa shape index (κ3) is 2.48. The van der Waals surface area contributed by atoms with E-state index in [1.807, 2.05) is 32.0 Å². The van der Waals surface area contributed by atoms with E-state index >= 15 is 0 Å². The molecule has 1 aliphatic rings. The predicted molar refractivity (Wildman–Crippen MR) is 90.9 cm³/mol. The van der Waals surface area contributed by atoms with E-state index in [2.05, 4.69) is 5.32 Å².